The van der Waals surface area contributed by atoms with Gasteiger partial charge in [0.25, 0.3) is 12.4 Å². The van der Waals surface area contributed by atoms with Gasteiger partial charge in [-0.3, -0.25) is 14.3 Å². The van der Waals surface area contributed by atoms with Crippen LogP contribution in [0, 0.1) is 5.92 Å². The van der Waals surface area contributed by atoms with Gasteiger partial charge in [0.05, 0.1) is 23.8 Å². The number of aryl methyl sites for hydroxylation is 1. The SMILES string of the molecule is CCCc1cc(Cl)ccc1C1COc2ccc3cc2N(CCC(CC)C(OC=O)/C=C/COC(C)(C)C(=O)NS3=O)C1. The summed E-state index contributed by atoms with van der Waals surface area (Å²) in [7, 11) is -1.80. The van der Waals surface area contributed by atoms with Gasteiger partial charge in [0.15, 0.2) is 11.0 Å². The van der Waals surface area contributed by atoms with Gasteiger partial charge in [-0.25, -0.2) is 4.21 Å². The highest BCUT2D eigenvalue weighted by Crippen LogP contribution is 2.38. The lowest BCUT2D eigenvalue weighted by Crippen LogP contribution is -2.45. The number of carbonyl (C=O) groups is 2. The monoisotopic (exact) mass is 616 g/mol. The van der Waals surface area contributed by atoms with Crippen molar-refractivity contribution in [2.75, 3.05) is 31.2 Å². The predicted molar refractivity (Wildman–Crippen MR) is 165 cm³/mol. The minimum absolute atomic E-state index is 0.0465. The number of anilines is 1. The van der Waals surface area contributed by atoms with Crippen LogP contribution < -0.4 is 14.4 Å². The van der Waals surface area contributed by atoms with Crippen LogP contribution in [-0.2, 0) is 36.5 Å². The molecule has 4 unspecified atom stereocenters. The molecule has 0 saturated heterocycles. The van der Waals surface area contributed by atoms with E-state index < -0.39 is 28.6 Å². The third kappa shape index (κ3) is 7.74. The minimum Gasteiger partial charge on any atom is -0.491 e. The molecule has 4 atom stereocenters. The van der Waals surface area contributed by atoms with E-state index in [1.54, 1.807) is 26.0 Å². The van der Waals surface area contributed by atoms with Crippen molar-refractivity contribution in [3.8, 4) is 5.75 Å². The van der Waals surface area contributed by atoms with Crippen molar-refractivity contribution >= 4 is 40.7 Å². The Morgan fingerprint density at radius 3 is 2.76 bits per heavy atom. The summed E-state index contributed by atoms with van der Waals surface area (Å²) in [5.41, 5.74) is 2.00. The normalized spacial score (nSPS) is 25.5. The van der Waals surface area contributed by atoms with Gasteiger partial charge in [-0.15, -0.1) is 0 Å². The van der Waals surface area contributed by atoms with Crippen molar-refractivity contribution in [1.82, 2.24) is 4.72 Å². The van der Waals surface area contributed by atoms with Crippen molar-refractivity contribution in [1.29, 1.82) is 0 Å². The Morgan fingerprint density at radius 1 is 1.21 bits per heavy atom. The zero-order valence-corrected chi connectivity index (χ0v) is 26.3. The second-order valence-corrected chi connectivity index (χ2v) is 12.9. The summed E-state index contributed by atoms with van der Waals surface area (Å²) in [4.78, 5) is 27.1. The number of nitrogens with one attached hydrogen (secondary N) is 1. The van der Waals surface area contributed by atoms with E-state index in [0.29, 0.717) is 41.8 Å². The number of hydrogen-bond donors (Lipinski definition) is 1. The van der Waals surface area contributed by atoms with E-state index in [9.17, 15) is 13.8 Å². The summed E-state index contributed by atoms with van der Waals surface area (Å²) in [5, 5.41) is 0.716. The molecule has 2 aliphatic rings. The Morgan fingerprint density at radius 2 is 2.02 bits per heavy atom. The average molecular weight is 617 g/mol. The number of halogens is 1. The molecule has 1 N–H and O–H groups in total. The molecule has 0 fully saturated rings. The summed E-state index contributed by atoms with van der Waals surface area (Å²) >= 11 is 6.37. The Balaban J connectivity index is 1.75. The number of rotatable bonds is 6. The van der Waals surface area contributed by atoms with Crippen LogP contribution in [0.5, 0.6) is 5.75 Å². The highest BCUT2D eigenvalue weighted by atomic mass is 35.5. The minimum atomic E-state index is -1.80. The number of ether oxygens (including phenoxy) is 3. The highest BCUT2D eigenvalue weighted by Gasteiger charge is 2.32. The van der Waals surface area contributed by atoms with Crippen molar-refractivity contribution in [3.63, 3.8) is 0 Å². The van der Waals surface area contributed by atoms with Gasteiger partial charge in [-0.1, -0.05) is 44.0 Å². The van der Waals surface area contributed by atoms with Crippen LogP contribution in [0.25, 0.3) is 0 Å². The van der Waals surface area contributed by atoms with E-state index in [-0.39, 0.29) is 18.4 Å². The van der Waals surface area contributed by atoms with Crippen LogP contribution in [-0.4, -0.2) is 54.6 Å². The molecule has 2 aromatic carbocycles. The van der Waals surface area contributed by atoms with Gasteiger partial charge in [0, 0.05) is 29.9 Å². The third-order valence-corrected chi connectivity index (χ3v) is 9.29. The third-order valence-electron chi connectivity index (χ3n) is 8.00. The van der Waals surface area contributed by atoms with Gasteiger partial charge in [0.1, 0.15) is 17.5 Å². The molecule has 0 aliphatic carbocycles. The topological polar surface area (TPSA) is 94.2 Å². The van der Waals surface area contributed by atoms with Crippen molar-refractivity contribution < 1.29 is 28.0 Å². The lowest BCUT2D eigenvalue weighted by Gasteiger charge is -2.31. The maximum absolute atomic E-state index is 13.3. The molecule has 10 heteroatoms. The molecule has 2 heterocycles. The van der Waals surface area contributed by atoms with Crippen LogP contribution >= 0.6 is 11.6 Å². The second kappa shape index (κ2) is 14.5. The van der Waals surface area contributed by atoms with Gasteiger partial charge in [-0.05, 0) is 80.6 Å². The van der Waals surface area contributed by atoms with E-state index in [2.05, 4.69) is 29.5 Å². The van der Waals surface area contributed by atoms with Crippen LogP contribution in [0.3, 0.4) is 0 Å². The Kier molecular flexibility index (Phi) is 11.1. The zero-order chi connectivity index (χ0) is 30.3. The fraction of sp³-hybridized carbons (Fsp3) is 0.500. The number of nitrogens with zero attached hydrogens (tertiary/aromatic N) is 1. The number of carbonyl (C=O) groups excluding carboxylic acids is 2. The molecular weight excluding hydrogens is 576 g/mol. The Hall–Kier alpha value is -2.88. The van der Waals surface area contributed by atoms with Crippen LogP contribution in [0.15, 0.2) is 53.4 Å². The standard InChI is InChI=1S/C32H41ClN2O6S/c1-5-8-23-17-25(33)10-12-27(23)24-19-35-15-14-22(6-2)29(40-21-36)9-7-16-41-32(3,4)31(37)34-42(38)26-11-13-30(39-20-24)28(35)18-26/h7,9-13,17-18,21-22,24,29H,5-6,8,14-16,19-20H2,1-4H3,(H,34,37)/b9-7+. The fourth-order valence-electron chi connectivity index (χ4n) is 5.53. The van der Waals surface area contributed by atoms with Crippen molar-refractivity contribution in [2.45, 2.75) is 75.9 Å². The first-order valence-corrected chi connectivity index (χ1v) is 16.1. The summed E-state index contributed by atoms with van der Waals surface area (Å²) in [6, 6.07) is 11.5. The number of benzene rings is 2. The predicted octanol–water partition coefficient (Wildman–Crippen LogP) is 5.74. The van der Waals surface area contributed by atoms with E-state index in [4.69, 9.17) is 25.8 Å². The molecule has 2 aliphatic heterocycles. The largest absolute Gasteiger partial charge is 0.491 e. The van der Waals surface area contributed by atoms with E-state index in [1.807, 2.05) is 30.3 Å². The van der Waals surface area contributed by atoms with Crippen molar-refractivity contribution in [3.05, 3.63) is 64.7 Å². The van der Waals surface area contributed by atoms with E-state index in [1.165, 1.54) is 11.1 Å². The summed E-state index contributed by atoms with van der Waals surface area (Å²) in [5.74, 6) is 0.303. The number of amides is 1. The second-order valence-electron chi connectivity index (χ2n) is 11.3. The fourth-order valence-corrected chi connectivity index (χ4v) is 6.66. The average Bonchev–Trinajstić information content (AvgIpc) is 3.14. The Labute approximate surface area is 256 Å². The van der Waals surface area contributed by atoms with Crippen molar-refractivity contribution in [2.24, 2.45) is 5.92 Å². The Bertz CT molecular complexity index is 1320. The van der Waals surface area contributed by atoms with Crippen LogP contribution in [0.2, 0.25) is 5.02 Å². The first-order valence-electron chi connectivity index (χ1n) is 14.6. The first-order chi connectivity index (χ1) is 20.2. The summed E-state index contributed by atoms with van der Waals surface area (Å²) in [6.45, 7) is 9.90. The zero-order valence-electron chi connectivity index (χ0n) is 24.8. The smallest absolute Gasteiger partial charge is 0.293 e. The number of fused-ring (bicyclic) bond motifs is 1. The van der Waals surface area contributed by atoms with E-state index >= 15 is 0 Å². The first kappa shape index (κ1) is 32.0. The quantitative estimate of drug-likeness (QED) is 0.327. The molecule has 1 amide bonds. The summed E-state index contributed by atoms with van der Waals surface area (Å²) in [6.07, 6.45) is 6.59. The molecule has 4 rings (SSSR count). The summed E-state index contributed by atoms with van der Waals surface area (Å²) < 4.78 is 33.6. The molecule has 8 nitrogen and oxygen atoms in total. The van der Waals surface area contributed by atoms with E-state index in [0.717, 1.165) is 31.4 Å². The molecule has 42 heavy (non-hydrogen) atoms. The van der Waals surface area contributed by atoms with Crippen LogP contribution in [0.4, 0.5) is 5.69 Å². The van der Waals surface area contributed by atoms with Gasteiger partial charge < -0.3 is 19.1 Å². The molecule has 2 aromatic rings. The lowest BCUT2D eigenvalue weighted by molar-refractivity contribution is -0.139. The molecule has 2 bridgehead atoms. The highest BCUT2D eigenvalue weighted by molar-refractivity contribution is 7.83. The van der Waals surface area contributed by atoms with Gasteiger partial charge >= 0.3 is 0 Å². The molecule has 228 valence electrons. The maximum Gasteiger partial charge on any atom is 0.293 e. The molecule has 0 radical (unpaired) electrons. The number of hydrogen-bond acceptors (Lipinski definition) is 7. The molecule has 0 spiro atoms. The van der Waals surface area contributed by atoms with Crippen LogP contribution in [0.1, 0.15) is 64.0 Å². The lowest BCUT2D eigenvalue weighted by atomic mass is 9.91. The molecule has 0 aromatic heterocycles. The molecule has 0 saturated carbocycles. The maximum atomic E-state index is 13.3. The van der Waals surface area contributed by atoms with Gasteiger partial charge in [0.2, 0.25) is 0 Å². The molecular formula is C32H41ClN2O6S. The van der Waals surface area contributed by atoms with Gasteiger partial charge in [-0.2, -0.15) is 0 Å².